The Hall–Kier alpha value is -2.36. The molecule has 0 atom stereocenters. The van der Waals surface area contributed by atoms with Gasteiger partial charge in [-0.25, -0.2) is 0 Å². The second kappa shape index (κ2) is 6.70. The largest absolute Gasteiger partial charge is 0.381 e. The van der Waals surface area contributed by atoms with Crippen LogP contribution in [0.5, 0.6) is 0 Å². The number of rotatable bonds is 5. The van der Waals surface area contributed by atoms with Crippen LogP contribution >= 0.6 is 0 Å². The van der Waals surface area contributed by atoms with Crippen molar-refractivity contribution < 1.29 is 4.79 Å². The van der Waals surface area contributed by atoms with Crippen LogP contribution in [0, 0.1) is 0 Å². The van der Waals surface area contributed by atoms with Crippen LogP contribution in [-0.4, -0.2) is 17.9 Å². The first-order valence-electron chi connectivity index (χ1n) is 6.72. The Morgan fingerprint density at radius 3 is 2.50 bits per heavy atom. The zero-order chi connectivity index (χ0) is 14.4. The van der Waals surface area contributed by atoms with Gasteiger partial charge in [0.25, 0.3) is 5.91 Å². The Morgan fingerprint density at radius 1 is 1.15 bits per heavy atom. The van der Waals surface area contributed by atoms with Crippen molar-refractivity contribution in [1.82, 2.24) is 10.3 Å². The summed E-state index contributed by atoms with van der Waals surface area (Å²) in [5.41, 5.74) is 3.84. The molecular formula is C16H19N3O. The molecule has 2 rings (SSSR count). The summed E-state index contributed by atoms with van der Waals surface area (Å²) in [6.07, 6.45) is 2.68. The van der Waals surface area contributed by atoms with Gasteiger partial charge in [0.1, 0.15) is 5.69 Å². The second-order valence-electron chi connectivity index (χ2n) is 4.53. The summed E-state index contributed by atoms with van der Waals surface area (Å²) >= 11 is 0. The lowest BCUT2D eigenvalue weighted by atomic mass is 10.1. The molecule has 104 valence electrons. The molecule has 0 aliphatic rings. The summed E-state index contributed by atoms with van der Waals surface area (Å²) in [7, 11) is 1.60. The Labute approximate surface area is 119 Å². The van der Waals surface area contributed by atoms with Crippen molar-refractivity contribution in [3.8, 4) is 0 Å². The Bertz CT molecular complexity index is 579. The number of carbonyl (C=O) groups excluding carboxylic acids is 1. The predicted octanol–water partition coefficient (Wildman–Crippen LogP) is 2.62. The Kier molecular flexibility index (Phi) is 4.71. The van der Waals surface area contributed by atoms with Gasteiger partial charge in [-0.05, 0) is 29.7 Å². The predicted molar refractivity (Wildman–Crippen MR) is 80.8 cm³/mol. The molecule has 20 heavy (non-hydrogen) atoms. The summed E-state index contributed by atoms with van der Waals surface area (Å²) in [6, 6.07) is 12.1. The third-order valence-electron chi connectivity index (χ3n) is 3.15. The van der Waals surface area contributed by atoms with Gasteiger partial charge in [0, 0.05) is 25.5 Å². The summed E-state index contributed by atoms with van der Waals surface area (Å²) in [4.78, 5) is 15.5. The monoisotopic (exact) mass is 269 g/mol. The second-order valence-corrected chi connectivity index (χ2v) is 4.53. The molecule has 1 amide bonds. The maximum atomic E-state index is 11.5. The van der Waals surface area contributed by atoms with Crippen LogP contribution in [0.2, 0.25) is 0 Å². The first-order chi connectivity index (χ1) is 9.72. The highest BCUT2D eigenvalue weighted by molar-refractivity contribution is 5.92. The highest BCUT2D eigenvalue weighted by atomic mass is 16.1. The maximum absolute atomic E-state index is 11.5. The number of carbonyl (C=O) groups is 1. The van der Waals surface area contributed by atoms with Crippen molar-refractivity contribution in [2.24, 2.45) is 0 Å². The quantitative estimate of drug-likeness (QED) is 0.877. The average molecular weight is 269 g/mol. The number of aromatic nitrogens is 1. The fourth-order valence-electron chi connectivity index (χ4n) is 1.89. The van der Waals surface area contributed by atoms with Gasteiger partial charge in [-0.3, -0.25) is 9.78 Å². The van der Waals surface area contributed by atoms with Crippen LogP contribution < -0.4 is 10.6 Å². The van der Waals surface area contributed by atoms with Crippen LogP contribution in [0.1, 0.15) is 28.5 Å². The molecule has 1 aromatic carbocycles. The van der Waals surface area contributed by atoms with Crippen LogP contribution in [-0.2, 0) is 13.0 Å². The van der Waals surface area contributed by atoms with E-state index in [2.05, 4.69) is 46.8 Å². The van der Waals surface area contributed by atoms with E-state index in [0.717, 1.165) is 18.7 Å². The summed E-state index contributed by atoms with van der Waals surface area (Å²) in [5, 5.41) is 5.86. The lowest BCUT2D eigenvalue weighted by Gasteiger charge is -2.08. The first kappa shape index (κ1) is 14.1. The lowest BCUT2D eigenvalue weighted by Crippen LogP contribution is -2.19. The zero-order valence-corrected chi connectivity index (χ0v) is 11.8. The van der Waals surface area contributed by atoms with Crippen molar-refractivity contribution >= 4 is 11.6 Å². The van der Waals surface area contributed by atoms with Crippen LogP contribution in [0.15, 0.2) is 42.6 Å². The van der Waals surface area contributed by atoms with Crippen molar-refractivity contribution in [1.29, 1.82) is 0 Å². The standard InChI is InChI=1S/C16H19N3O/c1-3-12-4-6-13(7-5-12)11-19-14-8-9-18-15(10-14)16(20)17-2/h4-10H,3,11H2,1-2H3,(H,17,20)(H,18,19). The molecule has 0 fully saturated rings. The van der Waals surface area contributed by atoms with E-state index < -0.39 is 0 Å². The number of aryl methyl sites for hydroxylation is 1. The molecule has 0 aliphatic heterocycles. The molecule has 0 spiro atoms. The van der Waals surface area contributed by atoms with E-state index in [1.807, 2.05) is 6.07 Å². The topological polar surface area (TPSA) is 54.0 Å². The summed E-state index contributed by atoms with van der Waals surface area (Å²) in [6.45, 7) is 2.87. The van der Waals surface area contributed by atoms with E-state index in [9.17, 15) is 4.79 Å². The van der Waals surface area contributed by atoms with Crippen molar-refractivity contribution in [2.75, 3.05) is 12.4 Å². The summed E-state index contributed by atoms with van der Waals surface area (Å²) < 4.78 is 0. The molecule has 2 aromatic rings. The molecule has 0 saturated heterocycles. The number of hydrogen-bond acceptors (Lipinski definition) is 3. The fraction of sp³-hybridized carbons (Fsp3) is 0.250. The van der Waals surface area contributed by atoms with E-state index in [0.29, 0.717) is 5.69 Å². The van der Waals surface area contributed by atoms with E-state index in [1.165, 1.54) is 11.1 Å². The minimum atomic E-state index is -0.180. The molecule has 0 saturated carbocycles. The molecule has 1 aromatic heterocycles. The van der Waals surface area contributed by atoms with Gasteiger partial charge in [0.05, 0.1) is 0 Å². The number of amides is 1. The van der Waals surface area contributed by atoms with E-state index in [1.54, 1.807) is 19.3 Å². The molecule has 4 heteroatoms. The van der Waals surface area contributed by atoms with Crippen molar-refractivity contribution in [3.63, 3.8) is 0 Å². The molecule has 1 heterocycles. The Balaban J connectivity index is 2.01. The third-order valence-corrected chi connectivity index (χ3v) is 3.15. The number of pyridine rings is 1. The number of nitrogens with one attached hydrogen (secondary N) is 2. The van der Waals surface area contributed by atoms with Crippen LogP contribution in [0.25, 0.3) is 0 Å². The highest BCUT2D eigenvalue weighted by Crippen LogP contribution is 2.11. The van der Waals surface area contributed by atoms with Gasteiger partial charge in [-0.2, -0.15) is 0 Å². The third kappa shape index (κ3) is 3.57. The maximum Gasteiger partial charge on any atom is 0.269 e. The Morgan fingerprint density at radius 2 is 1.85 bits per heavy atom. The van der Waals surface area contributed by atoms with E-state index >= 15 is 0 Å². The first-order valence-corrected chi connectivity index (χ1v) is 6.72. The van der Waals surface area contributed by atoms with Gasteiger partial charge < -0.3 is 10.6 Å². The van der Waals surface area contributed by atoms with Crippen LogP contribution in [0.3, 0.4) is 0 Å². The molecule has 0 unspecified atom stereocenters. The van der Waals surface area contributed by atoms with Crippen molar-refractivity contribution in [2.45, 2.75) is 19.9 Å². The minimum absolute atomic E-state index is 0.180. The number of nitrogens with zero attached hydrogens (tertiary/aromatic N) is 1. The van der Waals surface area contributed by atoms with Gasteiger partial charge >= 0.3 is 0 Å². The molecule has 4 nitrogen and oxygen atoms in total. The van der Waals surface area contributed by atoms with Gasteiger partial charge in [0.15, 0.2) is 0 Å². The van der Waals surface area contributed by atoms with Gasteiger partial charge in [-0.15, -0.1) is 0 Å². The van der Waals surface area contributed by atoms with Crippen molar-refractivity contribution in [3.05, 3.63) is 59.4 Å². The molecule has 0 radical (unpaired) electrons. The van der Waals surface area contributed by atoms with E-state index in [4.69, 9.17) is 0 Å². The van der Waals surface area contributed by atoms with E-state index in [-0.39, 0.29) is 5.91 Å². The average Bonchev–Trinajstić information content (AvgIpc) is 2.53. The molecule has 0 aliphatic carbocycles. The minimum Gasteiger partial charge on any atom is -0.381 e. The SMILES string of the molecule is CCc1ccc(CNc2ccnc(C(=O)NC)c2)cc1. The fourth-order valence-corrected chi connectivity index (χ4v) is 1.89. The molecule has 2 N–H and O–H groups in total. The van der Waals surface area contributed by atoms with Gasteiger partial charge in [0.2, 0.25) is 0 Å². The van der Waals surface area contributed by atoms with Gasteiger partial charge in [-0.1, -0.05) is 31.2 Å². The highest BCUT2D eigenvalue weighted by Gasteiger charge is 2.05. The summed E-state index contributed by atoms with van der Waals surface area (Å²) in [5.74, 6) is -0.180. The van der Waals surface area contributed by atoms with Crippen LogP contribution in [0.4, 0.5) is 5.69 Å². The number of anilines is 1. The zero-order valence-electron chi connectivity index (χ0n) is 11.8. The normalized spacial score (nSPS) is 10.1. The molecule has 0 bridgehead atoms. The number of benzene rings is 1. The molecular weight excluding hydrogens is 250 g/mol. The smallest absolute Gasteiger partial charge is 0.269 e. The number of hydrogen-bond donors (Lipinski definition) is 2. The lowest BCUT2D eigenvalue weighted by molar-refractivity contribution is 0.0958.